The normalized spacial score (nSPS) is 12.0. The molecule has 0 aromatic heterocycles. The van der Waals surface area contributed by atoms with E-state index in [0.29, 0.717) is 12.8 Å². The van der Waals surface area contributed by atoms with Crippen LogP contribution in [0, 0.1) is 0 Å². The molecule has 506 valence electrons. The fourth-order valence-electron chi connectivity index (χ4n) is 10.6. The minimum atomic E-state index is -0.956. The van der Waals surface area contributed by atoms with Crippen molar-refractivity contribution >= 4 is 35.8 Å². The molecule has 0 spiro atoms. The van der Waals surface area contributed by atoms with Gasteiger partial charge in [0, 0.05) is 25.7 Å². The Morgan fingerprint density at radius 2 is 0.395 bits per heavy atom. The molecule has 0 aromatic carbocycles. The van der Waals surface area contributed by atoms with Gasteiger partial charge in [0.15, 0.2) is 12.2 Å². The molecule has 14 nitrogen and oxygen atoms in total. The summed E-state index contributed by atoms with van der Waals surface area (Å²) in [7, 11) is 0. The summed E-state index contributed by atoms with van der Waals surface area (Å²) >= 11 is 0. The molecule has 0 amide bonds. The van der Waals surface area contributed by atoms with Gasteiger partial charge in [-0.3, -0.25) is 19.2 Å². The average Bonchev–Trinajstić information content (AvgIpc) is 3.52. The highest BCUT2D eigenvalue weighted by Crippen LogP contribution is 2.18. The fraction of sp³-hybridized carbons (Fsp3) is 0.917. The van der Waals surface area contributed by atoms with Crippen molar-refractivity contribution in [3.05, 3.63) is 0 Å². The molecule has 86 heavy (non-hydrogen) atoms. The first kappa shape index (κ1) is 82.7. The van der Waals surface area contributed by atoms with Crippen molar-refractivity contribution in [2.45, 2.75) is 374 Å². The summed E-state index contributed by atoms with van der Waals surface area (Å²) in [6.45, 7) is 7.02. The van der Waals surface area contributed by atoms with E-state index >= 15 is 0 Å². The Morgan fingerprint density at radius 3 is 0.605 bits per heavy atom. The Kier molecular flexibility index (Phi) is 65.1. The van der Waals surface area contributed by atoms with E-state index in [9.17, 15) is 28.8 Å². The van der Waals surface area contributed by atoms with Crippen molar-refractivity contribution in [2.75, 3.05) is 52.9 Å². The van der Waals surface area contributed by atoms with Crippen LogP contribution in [-0.4, -0.2) is 101 Å². The lowest BCUT2D eigenvalue weighted by Gasteiger charge is -2.18. The van der Waals surface area contributed by atoms with Crippen molar-refractivity contribution < 1.29 is 66.7 Å². The van der Waals surface area contributed by atoms with E-state index in [4.69, 9.17) is 37.9 Å². The third-order valence-electron chi connectivity index (χ3n) is 16.1. The van der Waals surface area contributed by atoms with Gasteiger partial charge in [-0.1, -0.05) is 310 Å². The number of ether oxygens (including phenoxy) is 8. The summed E-state index contributed by atoms with van der Waals surface area (Å²) in [5.41, 5.74) is 0. The van der Waals surface area contributed by atoms with Crippen LogP contribution in [0.2, 0.25) is 0 Å². The molecule has 2 atom stereocenters. The second kappa shape index (κ2) is 67.7. The van der Waals surface area contributed by atoms with E-state index in [0.717, 1.165) is 77.0 Å². The number of unbranched alkanes of at least 4 members (excludes halogenated alkanes) is 44. The van der Waals surface area contributed by atoms with Crippen LogP contribution < -0.4 is 0 Å². The first-order valence-corrected chi connectivity index (χ1v) is 36.3. The lowest BCUT2D eigenvalue weighted by molar-refractivity contribution is -0.169. The molecule has 0 bridgehead atoms. The monoisotopic (exact) mass is 1220 g/mol. The Balaban J connectivity index is 4.90. The highest BCUT2D eigenvalue weighted by molar-refractivity contribution is 5.72. The van der Waals surface area contributed by atoms with E-state index < -0.39 is 49.3 Å². The Morgan fingerprint density at radius 1 is 0.221 bits per heavy atom. The maximum absolute atomic E-state index is 12.9. The minimum Gasteiger partial charge on any atom is -0.462 e. The molecule has 0 rings (SSSR count). The molecule has 2 unspecified atom stereocenters. The van der Waals surface area contributed by atoms with Crippen molar-refractivity contribution in [1.82, 2.24) is 0 Å². The SMILES string of the molecule is CCCCCCCCCCCCCCC(=O)OCC(COC(=O)COCCOCC(=O)OCC(COC(=O)CCCCCCCCCCCCCC)OC(=O)CCCCCCCCCCCCCC)OC(=O)CCCCCCCCCCCCCC. The fourth-order valence-corrected chi connectivity index (χ4v) is 10.6. The van der Waals surface area contributed by atoms with E-state index in [1.807, 2.05) is 0 Å². The van der Waals surface area contributed by atoms with Crippen LogP contribution in [0.1, 0.15) is 362 Å². The summed E-state index contributed by atoms with van der Waals surface area (Å²) in [5.74, 6) is -3.00. The Hall–Kier alpha value is -3.26. The third kappa shape index (κ3) is 63.7. The molecule has 0 aliphatic heterocycles. The highest BCUT2D eigenvalue weighted by Gasteiger charge is 2.22. The second-order valence-electron chi connectivity index (χ2n) is 24.6. The molecular weight excluding hydrogens is 1090 g/mol. The van der Waals surface area contributed by atoms with Gasteiger partial charge in [-0.2, -0.15) is 0 Å². The zero-order chi connectivity index (χ0) is 62.7. The summed E-state index contributed by atoms with van der Waals surface area (Å²) < 4.78 is 44.0. The van der Waals surface area contributed by atoms with Crippen LogP contribution in [0.5, 0.6) is 0 Å². The van der Waals surface area contributed by atoms with Gasteiger partial charge in [0.05, 0.1) is 13.2 Å². The summed E-state index contributed by atoms with van der Waals surface area (Å²) in [4.78, 5) is 76.6. The zero-order valence-corrected chi connectivity index (χ0v) is 56.3. The van der Waals surface area contributed by atoms with Crippen LogP contribution in [0.4, 0.5) is 0 Å². The zero-order valence-electron chi connectivity index (χ0n) is 56.3. The summed E-state index contributed by atoms with van der Waals surface area (Å²) in [6, 6.07) is 0. The predicted molar refractivity (Wildman–Crippen MR) is 348 cm³/mol. The maximum atomic E-state index is 12.9. The largest absolute Gasteiger partial charge is 0.462 e. The number of hydrogen-bond acceptors (Lipinski definition) is 14. The number of rotatable bonds is 69. The van der Waals surface area contributed by atoms with E-state index in [-0.39, 0.29) is 77.3 Å². The molecule has 14 heteroatoms. The average molecular weight is 1220 g/mol. The minimum absolute atomic E-state index is 0.0366. The van der Waals surface area contributed by atoms with E-state index in [1.54, 1.807) is 0 Å². The van der Waals surface area contributed by atoms with Crippen molar-refractivity contribution in [3.8, 4) is 0 Å². The van der Waals surface area contributed by atoms with Crippen LogP contribution in [-0.2, 0) is 66.7 Å². The molecule has 0 fully saturated rings. The lowest BCUT2D eigenvalue weighted by Crippen LogP contribution is -2.32. The number of hydrogen-bond donors (Lipinski definition) is 0. The Bertz CT molecular complexity index is 1410. The van der Waals surface area contributed by atoms with Crippen LogP contribution >= 0.6 is 0 Å². The first-order valence-electron chi connectivity index (χ1n) is 36.3. The van der Waals surface area contributed by atoms with E-state index in [1.165, 1.54) is 218 Å². The van der Waals surface area contributed by atoms with Crippen molar-refractivity contribution in [1.29, 1.82) is 0 Å². The number of carbonyl (C=O) groups is 6. The standard InChI is InChI=1S/C72H134O14/c1-5-9-13-17-21-25-29-33-37-41-45-49-53-67(73)81-59-65(85-69(75)55-51-47-43-39-35-31-27-23-19-15-11-7-3)61-83-71(77)63-79-57-58-80-64-72(78)84-62-66(86-70(76)56-52-48-44-40-36-32-28-24-20-16-12-8-4)60-82-68(74)54-50-46-42-38-34-30-26-22-18-14-10-6-2/h65-66H,5-64H2,1-4H3. The van der Waals surface area contributed by atoms with Crippen molar-refractivity contribution in [2.24, 2.45) is 0 Å². The smallest absolute Gasteiger partial charge is 0.332 e. The molecule has 0 saturated heterocycles. The molecule has 0 aromatic rings. The van der Waals surface area contributed by atoms with Crippen molar-refractivity contribution in [3.63, 3.8) is 0 Å². The van der Waals surface area contributed by atoms with Gasteiger partial charge >= 0.3 is 35.8 Å². The van der Waals surface area contributed by atoms with Gasteiger partial charge < -0.3 is 37.9 Å². The Labute approximate surface area is 527 Å². The van der Waals surface area contributed by atoms with Gasteiger partial charge in [-0.25, -0.2) is 9.59 Å². The predicted octanol–water partition coefficient (Wildman–Crippen LogP) is 19.4. The van der Waals surface area contributed by atoms with Gasteiger partial charge in [0.2, 0.25) is 0 Å². The first-order chi connectivity index (χ1) is 42.1. The lowest BCUT2D eigenvalue weighted by atomic mass is 10.0. The summed E-state index contributed by atoms with van der Waals surface area (Å²) in [6.07, 6.45) is 56.0. The molecular formula is C72H134O14. The second-order valence-corrected chi connectivity index (χ2v) is 24.6. The van der Waals surface area contributed by atoms with Crippen LogP contribution in [0.15, 0.2) is 0 Å². The topological polar surface area (TPSA) is 176 Å². The third-order valence-corrected chi connectivity index (χ3v) is 16.1. The van der Waals surface area contributed by atoms with Gasteiger partial charge in [0.1, 0.15) is 39.6 Å². The molecule has 0 aliphatic carbocycles. The molecule has 0 N–H and O–H groups in total. The van der Waals surface area contributed by atoms with Crippen LogP contribution in [0.3, 0.4) is 0 Å². The van der Waals surface area contributed by atoms with E-state index in [2.05, 4.69) is 27.7 Å². The van der Waals surface area contributed by atoms with Gasteiger partial charge in [-0.15, -0.1) is 0 Å². The molecule has 0 saturated carbocycles. The summed E-state index contributed by atoms with van der Waals surface area (Å²) in [5, 5.41) is 0. The number of esters is 6. The maximum Gasteiger partial charge on any atom is 0.332 e. The number of carbonyl (C=O) groups excluding carboxylic acids is 6. The molecule has 0 heterocycles. The van der Waals surface area contributed by atoms with Gasteiger partial charge in [-0.05, 0) is 25.7 Å². The molecule has 0 radical (unpaired) electrons. The highest BCUT2D eigenvalue weighted by atomic mass is 16.6. The van der Waals surface area contributed by atoms with Crippen LogP contribution in [0.25, 0.3) is 0 Å². The quantitative estimate of drug-likeness (QED) is 0.0319. The van der Waals surface area contributed by atoms with Gasteiger partial charge in [0.25, 0.3) is 0 Å². The molecule has 0 aliphatic rings.